The zero-order valence-electron chi connectivity index (χ0n) is 10.4. The third-order valence-corrected chi connectivity index (χ3v) is 4.72. The molecule has 1 heterocycles. The number of hydrogen-bond acceptors (Lipinski definition) is 3. The normalized spacial score (nSPS) is 26.9. The topological polar surface area (TPSA) is 15.3 Å². The Morgan fingerprint density at radius 1 is 1.50 bits per heavy atom. The molecule has 0 radical (unpaired) electrons. The van der Waals surface area contributed by atoms with Gasteiger partial charge in [-0.05, 0) is 24.8 Å². The van der Waals surface area contributed by atoms with Crippen molar-refractivity contribution in [2.45, 2.75) is 37.5 Å². The van der Waals surface area contributed by atoms with Gasteiger partial charge in [0.15, 0.2) is 0 Å². The van der Waals surface area contributed by atoms with Crippen LogP contribution in [0.4, 0.5) is 0 Å². The van der Waals surface area contributed by atoms with Crippen LogP contribution in [-0.2, 0) is 0 Å². The van der Waals surface area contributed by atoms with Gasteiger partial charge in [0.1, 0.15) is 0 Å². The Bertz CT molecular complexity index is 238. The van der Waals surface area contributed by atoms with Crippen molar-refractivity contribution in [3.8, 4) is 0 Å². The molecule has 1 atom stereocenters. The van der Waals surface area contributed by atoms with Gasteiger partial charge in [-0.15, -0.1) is 0 Å². The van der Waals surface area contributed by atoms with Gasteiger partial charge in [-0.2, -0.15) is 11.8 Å². The van der Waals surface area contributed by atoms with Crippen LogP contribution in [0.25, 0.3) is 0 Å². The summed E-state index contributed by atoms with van der Waals surface area (Å²) < 4.78 is 0. The lowest BCUT2D eigenvalue weighted by molar-refractivity contribution is 0.302. The van der Waals surface area contributed by atoms with Crippen LogP contribution in [0.5, 0.6) is 0 Å². The van der Waals surface area contributed by atoms with Crippen LogP contribution in [-0.4, -0.2) is 48.1 Å². The van der Waals surface area contributed by atoms with Crippen molar-refractivity contribution < 1.29 is 0 Å². The molecular formula is C13H24N2S. The van der Waals surface area contributed by atoms with Crippen LogP contribution in [0, 0.1) is 0 Å². The summed E-state index contributed by atoms with van der Waals surface area (Å²) in [6, 6.07) is 0.803. The Labute approximate surface area is 104 Å². The van der Waals surface area contributed by atoms with Gasteiger partial charge in [0.05, 0.1) is 0 Å². The molecule has 0 aromatic heterocycles. The predicted molar refractivity (Wildman–Crippen MR) is 73.1 cm³/mol. The van der Waals surface area contributed by atoms with Crippen LogP contribution in [0.3, 0.4) is 0 Å². The molecule has 0 aromatic rings. The lowest BCUT2D eigenvalue weighted by Gasteiger charge is -2.32. The van der Waals surface area contributed by atoms with Gasteiger partial charge in [-0.3, -0.25) is 4.90 Å². The van der Waals surface area contributed by atoms with Crippen molar-refractivity contribution in [1.29, 1.82) is 0 Å². The van der Waals surface area contributed by atoms with Crippen molar-refractivity contribution in [2.75, 3.05) is 31.9 Å². The molecule has 2 nitrogen and oxygen atoms in total. The lowest BCUT2D eigenvalue weighted by atomic mass is 10.2. The third-order valence-electron chi connectivity index (χ3n) is 3.34. The molecule has 1 aliphatic heterocycles. The molecule has 1 saturated heterocycles. The molecule has 0 amide bonds. The fourth-order valence-electron chi connectivity index (χ4n) is 2.12. The Kier molecular flexibility index (Phi) is 4.74. The zero-order chi connectivity index (χ0) is 11.4. The zero-order valence-corrected chi connectivity index (χ0v) is 11.2. The number of rotatable bonds is 6. The molecule has 2 fully saturated rings. The molecule has 2 aliphatic rings. The van der Waals surface area contributed by atoms with E-state index in [-0.39, 0.29) is 0 Å². The minimum atomic E-state index is 0.803. The maximum atomic E-state index is 4.19. The maximum absolute atomic E-state index is 4.19. The van der Waals surface area contributed by atoms with E-state index in [0.29, 0.717) is 0 Å². The summed E-state index contributed by atoms with van der Waals surface area (Å²) >= 11 is 2.14. The highest BCUT2D eigenvalue weighted by molar-refractivity contribution is 8.00. The van der Waals surface area contributed by atoms with Crippen LogP contribution in [0.15, 0.2) is 12.2 Å². The quantitative estimate of drug-likeness (QED) is 0.716. The average Bonchev–Trinajstić information content (AvgIpc) is 3.10. The molecular weight excluding hydrogens is 216 g/mol. The van der Waals surface area contributed by atoms with Crippen molar-refractivity contribution in [3.05, 3.63) is 12.2 Å². The van der Waals surface area contributed by atoms with Crippen molar-refractivity contribution in [3.63, 3.8) is 0 Å². The Morgan fingerprint density at radius 2 is 2.31 bits per heavy atom. The van der Waals surface area contributed by atoms with Crippen LogP contribution < -0.4 is 5.32 Å². The molecule has 2 rings (SSSR count). The summed E-state index contributed by atoms with van der Waals surface area (Å²) in [4.78, 5) is 2.57. The van der Waals surface area contributed by atoms with E-state index in [1.165, 1.54) is 43.7 Å². The standard InChI is InChI=1S/C13H24N2S/c1-3-13-10-15(6-7-16-13)9-11(2)8-14-12-4-5-12/h12-14H,2-10H2,1H3. The van der Waals surface area contributed by atoms with Crippen LogP contribution in [0.2, 0.25) is 0 Å². The van der Waals surface area contributed by atoms with Gasteiger partial charge in [0, 0.05) is 43.2 Å². The van der Waals surface area contributed by atoms with Gasteiger partial charge in [0.2, 0.25) is 0 Å². The molecule has 0 aromatic carbocycles. The highest BCUT2D eigenvalue weighted by Gasteiger charge is 2.22. The first-order valence-corrected chi connectivity index (χ1v) is 7.56. The largest absolute Gasteiger partial charge is 0.310 e. The Morgan fingerprint density at radius 3 is 3.00 bits per heavy atom. The van der Waals surface area contributed by atoms with Crippen LogP contribution in [0.1, 0.15) is 26.2 Å². The monoisotopic (exact) mass is 240 g/mol. The molecule has 1 unspecified atom stereocenters. The summed E-state index contributed by atoms with van der Waals surface area (Å²) in [6.07, 6.45) is 4.03. The first-order chi connectivity index (χ1) is 7.78. The summed E-state index contributed by atoms with van der Waals surface area (Å²) in [7, 11) is 0. The van der Waals surface area contributed by atoms with E-state index < -0.39 is 0 Å². The second kappa shape index (κ2) is 6.08. The Balaban J connectivity index is 1.64. The lowest BCUT2D eigenvalue weighted by Crippen LogP contribution is -2.39. The number of thioether (sulfide) groups is 1. The average molecular weight is 240 g/mol. The maximum Gasteiger partial charge on any atom is 0.0203 e. The smallest absolute Gasteiger partial charge is 0.0203 e. The van der Waals surface area contributed by atoms with E-state index >= 15 is 0 Å². The second-order valence-electron chi connectivity index (χ2n) is 5.04. The van der Waals surface area contributed by atoms with E-state index in [2.05, 4.69) is 35.5 Å². The number of nitrogens with one attached hydrogen (secondary N) is 1. The highest BCUT2D eigenvalue weighted by atomic mass is 32.2. The highest BCUT2D eigenvalue weighted by Crippen LogP contribution is 2.22. The van der Waals surface area contributed by atoms with Gasteiger partial charge < -0.3 is 5.32 Å². The third kappa shape index (κ3) is 4.11. The molecule has 0 spiro atoms. The van der Waals surface area contributed by atoms with Gasteiger partial charge >= 0.3 is 0 Å². The van der Waals surface area contributed by atoms with Crippen molar-refractivity contribution in [1.82, 2.24) is 10.2 Å². The molecule has 1 saturated carbocycles. The van der Waals surface area contributed by atoms with Gasteiger partial charge in [0.25, 0.3) is 0 Å². The van der Waals surface area contributed by atoms with Crippen LogP contribution >= 0.6 is 11.8 Å². The van der Waals surface area contributed by atoms with Crippen molar-refractivity contribution in [2.24, 2.45) is 0 Å². The summed E-state index contributed by atoms with van der Waals surface area (Å²) in [6.45, 7) is 11.1. The fraction of sp³-hybridized carbons (Fsp3) is 0.846. The minimum absolute atomic E-state index is 0.803. The molecule has 16 heavy (non-hydrogen) atoms. The van der Waals surface area contributed by atoms with E-state index in [0.717, 1.165) is 24.4 Å². The Hall–Kier alpha value is 0.0100. The molecule has 92 valence electrons. The molecule has 1 aliphatic carbocycles. The van der Waals surface area contributed by atoms with Gasteiger partial charge in [-0.1, -0.05) is 13.5 Å². The minimum Gasteiger partial charge on any atom is -0.310 e. The first kappa shape index (κ1) is 12.5. The SMILES string of the molecule is C=C(CNC1CC1)CN1CCSC(CC)C1. The summed E-state index contributed by atoms with van der Waals surface area (Å²) in [5.41, 5.74) is 1.36. The van der Waals surface area contributed by atoms with E-state index in [1.54, 1.807) is 0 Å². The summed E-state index contributed by atoms with van der Waals surface area (Å²) in [5, 5.41) is 4.39. The van der Waals surface area contributed by atoms with Gasteiger partial charge in [-0.25, -0.2) is 0 Å². The molecule has 0 bridgehead atoms. The molecule has 3 heteroatoms. The summed E-state index contributed by atoms with van der Waals surface area (Å²) in [5.74, 6) is 1.29. The fourth-order valence-corrected chi connectivity index (χ4v) is 3.37. The van der Waals surface area contributed by atoms with E-state index in [1.807, 2.05) is 0 Å². The van der Waals surface area contributed by atoms with E-state index in [4.69, 9.17) is 0 Å². The first-order valence-electron chi connectivity index (χ1n) is 6.52. The van der Waals surface area contributed by atoms with E-state index in [9.17, 15) is 0 Å². The number of hydrogen-bond donors (Lipinski definition) is 1. The second-order valence-corrected chi connectivity index (χ2v) is 6.45. The predicted octanol–water partition coefficient (Wildman–Crippen LogP) is 2.12. The van der Waals surface area contributed by atoms with Crippen molar-refractivity contribution >= 4 is 11.8 Å². The molecule has 1 N–H and O–H groups in total. The number of nitrogens with zero attached hydrogens (tertiary/aromatic N) is 1.